The molecule has 5 nitrogen and oxygen atoms in total. The molecule has 0 aliphatic heterocycles. The zero-order valence-corrected chi connectivity index (χ0v) is 18.1. The van der Waals surface area contributed by atoms with Crippen LogP contribution in [0.25, 0.3) is 0 Å². The Hall–Kier alpha value is -1.67. The Balaban J connectivity index is 2.67. The van der Waals surface area contributed by atoms with Crippen molar-refractivity contribution >= 4 is 56.5 Å². The quantitative estimate of drug-likeness (QED) is 0.239. The predicted octanol–water partition coefficient (Wildman–Crippen LogP) is 5.89. The van der Waals surface area contributed by atoms with Crippen LogP contribution in [0.4, 0.5) is 0 Å². The first-order valence-corrected chi connectivity index (χ1v) is 10.8. The molecule has 0 heterocycles. The van der Waals surface area contributed by atoms with E-state index in [9.17, 15) is 23.2 Å². The first-order chi connectivity index (χ1) is 13.5. The van der Waals surface area contributed by atoms with Crippen LogP contribution in [-0.2, 0) is 14.9 Å². The van der Waals surface area contributed by atoms with Gasteiger partial charge in [-0.2, -0.15) is 8.42 Å². The minimum Gasteiger partial charge on any atom is -0.507 e. The number of hydrogen-bond acceptors (Lipinski definition) is 4. The summed E-state index contributed by atoms with van der Waals surface area (Å²) in [6.07, 6.45) is 0. The topological polar surface area (TPSA) is 94.8 Å². The minimum atomic E-state index is -5.16. The zero-order valence-electron chi connectivity index (χ0n) is 14.3. The number of benzene rings is 3. The van der Waals surface area contributed by atoms with Gasteiger partial charge >= 0.3 is 0 Å². The van der Waals surface area contributed by atoms with Gasteiger partial charge in [-0.3, -0.25) is 4.55 Å². The summed E-state index contributed by atoms with van der Waals surface area (Å²) in [4.78, 5) is 0. The van der Waals surface area contributed by atoms with Crippen LogP contribution in [0.5, 0.6) is 11.5 Å². The number of aromatic hydroxyl groups is 2. The molecule has 0 saturated heterocycles. The third-order valence-electron chi connectivity index (χ3n) is 4.35. The molecule has 29 heavy (non-hydrogen) atoms. The highest BCUT2D eigenvalue weighted by Gasteiger charge is 2.53. The Morgan fingerprint density at radius 2 is 1.31 bits per heavy atom. The highest BCUT2D eigenvalue weighted by Crippen LogP contribution is 2.54. The summed E-state index contributed by atoms with van der Waals surface area (Å²) in [7, 11) is -5.16. The van der Waals surface area contributed by atoms with Gasteiger partial charge in [-0.05, 0) is 29.8 Å². The minimum absolute atomic E-state index is 0.0197. The summed E-state index contributed by atoms with van der Waals surface area (Å²) >= 11 is 24.4. The molecule has 1 unspecified atom stereocenters. The number of phenolic OH excluding ortho intramolecular Hbond substituents is 2. The van der Waals surface area contributed by atoms with Crippen molar-refractivity contribution in [1.29, 1.82) is 0 Å². The molecule has 3 aromatic carbocycles. The predicted molar refractivity (Wildman–Crippen MR) is 114 cm³/mol. The Bertz CT molecular complexity index is 1180. The highest BCUT2D eigenvalue weighted by molar-refractivity contribution is 7.87. The van der Waals surface area contributed by atoms with Crippen molar-refractivity contribution in [3.05, 3.63) is 91.4 Å². The molecule has 0 fully saturated rings. The van der Waals surface area contributed by atoms with Crippen molar-refractivity contribution in [2.75, 3.05) is 0 Å². The average Bonchev–Trinajstić information content (AvgIpc) is 2.61. The molecule has 152 valence electrons. The van der Waals surface area contributed by atoms with Crippen molar-refractivity contribution in [3.63, 3.8) is 0 Å². The number of halogens is 4. The van der Waals surface area contributed by atoms with Crippen LogP contribution in [0, 0.1) is 0 Å². The Morgan fingerprint density at radius 3 is 1.83 bits per heavy atom. The third kappa shape index (κ3) is 3.65. The van der Waals surface area contributed by atoms with Gasteiger partial charge in [0.1, 0.15) is 11.5 Å². The summed E-state index contributed by atoms with van der Waals surface area (Å²) in [6.45, 7) is 0. The Morgan fingerprint density at radius 1 is 0.793 bits per heavy atom. The largest absolute Gasteiger partial charge is 0.507 e. The van der Waals surface area contributed by atoms with Crippen LogP contribution in [0.15, 0.2) is 54.6 Å². The highest BCUT2D eigenvalue weighted by atomic mass is 35.5. The van der Waals surface area contributed by atoms with Crippen LogP contribution < -0.4 is 0 Å². The van der Waals surface area contributed by atoms with E-state index in [1.54, 1.807) is 6.07 Å². The van der Waals surface area contributed by atoms with Crippen molar-refractivity contribution in [2.24, 2.45) is 0 Å². The van der Waals surface area contributed by atoms with E-state index in [0.29, 0.717) is 0 Å². The number of hydrogen-bond donors (Lipinski definition) is 3. The van der Waals surface area contributed by atoms with E-state index < -0.39 is 31.9 Å². The Kier molecular flexibility index (Phi) is 5.98. The lowest BCUT2D eigenvalue weighted by Gasteiger charge is -2.34. The van der Waals surface area contributed by atoms with Crippen molar-refractivity contribution in [1.82, 2.24) is 0 Å². The second-order valence-electron chi connectivity index (χ2n) is 6.09. The molecule has 0 spiro atoms. The van der Waals surface area contributed by atoms with Crippen molar-refractivity contribution in [3.8, 4) is 11.5 Å². The van der Waals surface area contributed by atoms with E-state index in [4.69, 9.17) is 46.4 Å². The molecular formula is C19H12Cl4O5S. The van der Waals surface area contributed by atoms with E-state index in [-0.39, 0.29) is 31.2 Å². The van der Waals surface area contributed by atoms with Gasteiger partial charge in [0.2, 0.25) is 0 Å². The van der Waals surface area contributed by atoms with E-state index in [0.717, 1.165) is 12.1 Å². The zero-order chi connectivity index (χ0) is 21.6. The number of rotatable bonds is 4. The fraction of sp³-hybridized carbons (Fsp3) is 0.0526. The molecule has 0 aliphatic rings. The molecule has 0 saturated carbocycles. The third-order valence-corrected chi connectivity index (χ3v) is 7.03. The molecule has 0 bridgehead atoms. The Labute approximate surface area is 186 Å². The molecule has 0 radical (unpaired) electrons. The van der Waals surface area contributed by atoms with Gasteiger partial charge < -0.3 is 10.2 Å². The lowest BCUT2D eigenvalue weighted by Crippen LogP contribution is -2.38. The molecule has 1 atom stereocenters. The van der Waals surface area contributed by atoms with Crippen LogP contribution in [0.1, 0.15) is 16.7 Å². The summed E-state index contributed by atoms with van der Waals surface area (Å²) in [5, 5.41) is 20.8. The maximum Gasteiger partial charge on any atom is 0.283 e. The first kappa shape index (κ1) is 22.0. The smallest absolute Gasteiger partial charge is 0.283 e. The van der Waals surface area contributed by atoms with Crippen LogP contribution >= 0.6 is 46.4 Å². The molecular weight excluding hydrogens is 482 g/mol. The lowest BCUT2D eigenvalue weighted by molar-refractivity contribution is 0.416. The van der Waals surface area contributed by atoms with Crippen molar-refractivity contribution < 1.29 is 23.2 Å². The van der Waals surface area contributed by atoms with Crippen molar-refractivity contribution in [2.45, 2.75) is 4.75 Å². The van der Waals surface area contributed by atoms with Gasteiger partial charge in [0.15, 0.2) is 4.75 Å². The summed E-state index contributed by atoms with van der Waals surface area (Å²) in [6, 6.07) is 11.9. The van der Waals surface area contributed by atoms with Gasteiger partial charge in [-0.15, -0.1) is 0 Å². The normalized spacial score (nSPS) is 13.8. The standard InChI is InChI=1S/C19H12Cl4O5S/c20-11-6-13(18(23)14(22)7-11)19(29(26,27)28,10-4-2-1-3-5-10)17-15(24)8-12(21)9-16(17)25/h1-9,24-25H,(H,26,27,28). The van der Waals surface area contributed by atoms with E-state index >= 15 is 0 Å². The molecule has 3 rings (SSSR count). The lowest BCUT2D eigenvalue weighted by atomic mass is 9.83. The van der Waals surface area contributed by atoms with Crippen LogP contribution in [0.3, 0.4) is 0 Å². The molecule has 3 aromatic rings. The monoisotopic (exact) mass is 492 g/mol. The average molecular weight is 494 g/mol. The van der Waals surface area contributed by atoms with Gasteiger partial charge in [-0.25, -0.2) is 0 Å². The van der Waals surface area contributed by atoms with Gasteiger partial charge in [-0.1, -0.05) is 76.7 Å². The molecule has 0 aliphatic carbocycles. The molecule has 10 heteroatoms. The molecule has 0 amide bonds. The van der Waals surface area contributed by atoms with E-state index in [2.05, 4.69) is 0 Å². The molecule has 3 N–H and O–H groups in total. The van der Waals surface area contributed by atoms with Gasteiger partial charge in [0.05, 0.1) is 15.6 Å². The summed E-state index contributed by atoms with van der Waals surface area (Å²) in [5.41, 5.74) is -0.857. The summed E-state index contributed by atoms with van der Waals surface area (Å²) < 4.78 is 33.9. The fourth-order valence-electron chi connectivity index (χ4n) is 3.28. The maximum absolute atomic E-state index is 13.0. The van der Waals surface area contributed by atoms with Crippen LogP contribution in [-0.4, -0.2) is 23.2 Å². The summed E-state index contributed by atoms with van der Waals surface area (Å²) in [5.74, 6) is -1.38. The van der Waals surface area contributed by atoms with E-state index in [1.807, 2.05) is 0 Å². The molecule has 0 aromatic heterocycles. The van der Waals surface area contributed by atoms with Crippen LogP contribution in [0.2, 0.25) is 20.1 Å². The second-order valence-corrected chi connectivity index (χ2v) is 9.31. The second kappa shape index (κ2) is 7.87. The van der Waals surface area contributed by atoms with E-state index in [1.165, 1.54) is 36.4 Å². The fourth-order valence-corrected chi connectivity index (χ4v) is 5.62. The first-order valence-electron chi connectivity index (χ1n) is 7.89. The SMILES string of the molecule is O=S(=O)(O)C(c1ccccc1)(c1cc(Cl)cc(Cl)c1Cl)c1c(O)cc(Cl)cc1O. The number of phenols is 2. The maximum atomic E-state index is 13.0. The van der Waals surface area contributed by atoms with Gasteiger partial charge in [0.25, 0.3) is 10.1 Å². The van der Waals surface area contributed by atoms with Gasteiger partial charge in [0, 0.05) is 15.6 Å².